The van der Waals surface area contributed by atoms with Crippen molar-refractivity contribution in [3.63, 3.8) is 0 Å². The van der Waals surface area contributed by atoms with Gasteiger partial charge in [-0.05, 0) is 61.0 Å². The summed E-state index contributed by atoms with van der Waals surface area (Å²) in [7, 11) is 3.41. The van der Waals surface area contributed by atoms with Crippen molar-refractivity contribution in [2.75, 3.05) is 32.6 Å². The van der Waals surface area contributed by atoms with Crippen LogP contribution in [0.3, 0.4) is 0 Å². The third-order valence-electron chi connectivity index (χ3n) is 6.39. The average Bonchev–Trinajstić information content (AvgIpc) is 2.94. The van der Waals surface area contributed by atoms with Gasteiger partial charge in [0.2, 0.25) is 0 Å². The minimum atomic E-state index is -0.325. The Morgan fingerprint density at radius 1 is 1.13 bits per heavy atom. The molecule has 0 saturated carbocycles. The molecule has 0 aliphatic heterocycles. The molecule has 0 atom stereocenters. The van der Waals surface area contributed by atoms with Crippen molar-refractivity contribution in [1.82, 2.24) is 14.9 Å². The van der Waals surface area contributed by atoms with E-state index in [1.54, 1.807) is 36.7 Å². The second kappa shape index (κ2) is 12.6. The lowest BCUT2D eigenvalue weighted by molar-refractivity contribution is 0.102. The number of hydrogen-bond donors (Lipinski definition) is 2. The van der Waals surface area contributed by atoms with Crippen molar-refractivity contribution in [2.24, 2.45) is 0 Å². The minimum absolute atomic E-state index is 0.0814. The number of pyridine rings is 2. The molecule has 2 N–H and O–H groups in total. The number of aldehydes is 1. The monoisotopic (exact) mass is 544 g/mol. The highest BCUT2D eigenvalue weighted by molar-refractivity contribution is 6.35. The Bertz CT molecular complexity index is 1490. The van der Waals surface area contributed by atoms with Crippen molar-refractivity contribution in [1.29, 1.82) is 0 Å². The number of aliphatic hydroxyl groups is 1. The van der Waals surface area contributed by atoms with E-state index >= 15 is 0 Å². The number of nitrogens with zero attached hydrogens (tertiary/aromatic N) is 3. The summed E-state index contributed by atoms with van der Waals surface area (Å²) in [4.78, 5) is 35.0. The summed E-state index contributed by atoms with van der Waals surface area (Å²) >= 11 is 6.86. The summed E-state index contributed by atoms with van der Waals surface area (Å²) in [6.45, 7) is 3.18. The molecule has 0 fully saturated rings. The van der Waals surface area contributed by atoms with E-state index in [1.165, 1.54) is 7.11 Å². The van der Waals surface area contributed by atoms with E-state index in [9.17, 15) is 9.59 Å². The van der Waals surface area contributed by atoms with Gasteiger partial charge in [-0.1, -0.05) is 35.9 Å². The van der Waals surface area contributed by atoms with Crippen LogP contribution < -0.4 is 10.1 Å². The molecule has 200 valence electrons. The van der Waals surface area contributed by atoms with Gasteiger partial charge in [0.25, 0.3) is 5.91 Å². The summed E-state index contributed by atoms with van der Waals surface area (Å²) in [6, 6.07) is 16.2. The van der Waals surface area contributed by atoms with Gasteiger partial charge in [0, 0.05) is 42.3 Å². The number of carbonyl (C=O) groups excluding carboxylic acids is 2. The van der Waals surface area contributed by atoms with Crippen LogP contribution in [0.5, 0.6) is 5.75 Å². The van der Waals surface area contributed by atoms with Crippen LogP contribution in [0.1, 0.15) is 32.0 Å². The molecule has 0 saturated heterocycles. The minimum Gasteiger partial charge on any atom is -0.496 e. The summed E-state index contributed by atoms with van der Waals surface area (Å²) in [5.74, 6) is 0.111. The maximum atomic E-state index is 13.0. The Morgan fingerprint density at radius 3 is 2.64 bits per heavy atom. The average molecular weight is 545 g/mol. The molecule has 0 aliphatic rings. The maximum Gasteiger partial charge on any atom is 0.274 e. The summed E-state index contributed by atoms with van der Waals surface area (Å²) in [5, 5.41) is 12.5. The highest BCUT2D eigenvalue weighted by Gasteiger charge is 2.17. The molecule has 1 amide bonds. The quantitative estimate of drug-likeness (QED) is 0.262. The highest BCUT2D eigenvalue weighted by atomic mass is 35.5. The summed E-state index contributed by atoms with van der Waals surface area (Å²) in [5.41, 5.74) is 6.00. The summed E-state index contributed by atoms with van der Waals surface area (Å²) < 4.78 is 5.34. The predicted octanol–water partition coefficient (Wildman–Crippen LogP) is 5.27. The van der Waals surface area contributed by atoms with Crippen LogP contribution in [-0.4, -0.2) is 59.5 Å². The number of amides is 1. The zero-order valence-electron chi connectivity index (χ0n) is 21.9. The second-order valence-corrected chi connectivity index (χ2v) is 9.42. The molecule has 2 aromatic heterocycles. The third-order valence-corrected chi connectivity index (χ3v) is 6.77. The van der Waals surface area contributed by atoms with Crippen LogP contribution in [0.15, 0.2) is 67.0 Å². The van der Waals surface area contributed by atoms with E-state index in [0.717, 1.165) is 28.5 Å². The lowest BCUT2D eigenvalue weighted by atomic mass is 9.97. The van der Waals surface area contributed by atoms with Crippen LogP contribution in [-0.2, 0) is 6.54 Å². The molecule has 0 bridgehead atoms. The Kier molecular flexibility index (Phi) is 9.03. The number of methoxy groups -OCH3 is 1. The number of halogens is 1. The van der Waals surface area contributed by atoms with E-state index in [-0.39, 0.29) is 12.5 Å². The molecule has 2 heterocycles. The number of carbonyl (C=O) groups is 2. The summed E-state index contributed by atoms with van der Waals surface area (Å²) in [6.07, 6.45) is 4.07. The fraction of sp³-hybridized carbons (Fsp3) is 0.200. The zero-order chi connectivity index (χ0) is 27.9. The van der Waals surface area contributed by atoms with E-state index in [0.29, 0.717) is 52.1 Å². The SMILES string of the molecule is COc1cc(-c2nccc(-c3cccc(NC(=O)c4ccc(CN(C)CCO)cn4)c3C)c2Cl)ccc1C=O. The Hall–Kier alpha value is -4.11. The van der Waals surface area contributed by atoms with Crippen molar-refractivity contribution in [3.05, 3.63) is 94.4 Å². The van der Waals surface area contributed by atoms with Gasteiger partial charge in [0.15, 0.2) is 6.29 Å². The fourth-order valence-electron chi connectivity index (χ4n) is 4.27. The molecular formula is C30H29ClN4O4. The van der Waals surface area contributed by atoms with Crippen LogP contribution >= 0.6 is 11.6 Å². The molecule has 39 heavy (non-hydrogen) atoms. The predicted molar refractivity (Wildman–Crippen MR) is 152 cm³/mol. The maximum absolute atomic E-state index is 13.0. The fourth-order valence-corrected chi connectivity index (χ4v) is 4.59. The first kappa shape index (κ1) is 27.9. The number of ether oxygens (including phenoxy) is 1. The zero-order valence-corrected chi connectivity index (χ0v) is 22.7. The Balaban J connectivity index is 1.59. The molecule has 0 spiro atoms. The van der Waals surface area contributed by atoms with Crippen LogP contribution in [0.25, 0.3) is 22.4 Å². The first-order valence-corrected chi connectivity index (χ1v) is 12.7. The molecule has 4 aromatic rings. The van der Waals surface area contributed by atoms with Crippen molar-refractivity contribution < 1.29 is 19.4 Å². The Morgan fingerprint density at radius 2 is 1.95 bits per heavy atom. The van der Waals surface area contributed by atoms with Gasteiger partial charge in [-0.15, -0.1) is 0 Å². The lowest BCUT2D eigenvalue weighted by Gasteiger charge is -2.16. The standard InChI is InChI=1S/C30H29ClN4O4/c1-19-23(24-11-12-32-29(28(24)31)21-8-9-22(18-37)27(15-21)39-3)5-4-6-25(19)34-30(38)26-10-7-20(16-33-26)17-35(2)13-14-36/h4-12,15-16,18,36H,13-14,17H2,1-3H3,(H,34,38). The van der Waals surface area contributed by atoms with Crippen molar-refractivity contribution in [3.8, 4) is 28.1 Å². The number of aliphatic hydroxyl groups excluding tert-OH is 1. The van der Waals surface area contributed by atoms with Gasteiger partial charge in [0.05, 0.1) is 30.0 Å². The van der Waals surface area contributed by atoms with E-state index in [2.05, 4.69) is 15.3 Å². The molecule has 9 heteroatoms. The highest BCUT2D eigenvalue weighted by Crippen LogP contribution is 2.39. The topological polar surface area (TPSA) is 105 Å². The number of anilines is 1. The van der Waals surface area contributed by atoms with Gasteiger partial charge in [-0.2, -0.15) is 0 Å². The molecule has 0 radical (unpaired) electrons. The molecule has 2 aromatic carbocycles. The Labute approximate surface area is 232 Å². The van der Waals surface area contributed by atoms with E-state index < -0.39 is 0 Å². The second-order valence-electron chi connectivity index (χ2n) is 9.04. The number of likely N-dealkylation sites (N-methyl/N-ethyl adjacent to an activating group) is 1. The first-order valence-electron chi connectivity index (χ1n) is 12.3. The van der Waals surface area contributed by atoms with Crippen molar-refractivity contribution >= 4 is 29.5 Å². The number of nitrogens with one attached hydrogen (secondary N) is 1. The smallest absolute Gasteiger partial charge is 0.274 e. The number of benzene rings is 2. The normalized spacial score (nSPS) is 10.9. The van der Waals surface area contributed by atoms with E-state index in [1.807, 2.05) is 49.2 Å². The van der Waals surface area contributed by atoms with Gasteiger partial charge >= 0.3 is 0 Å². The number of aromatic nitrogens is 2. The first-order chi connectivity index (χ1) is 18.9. The van der Waals surface area contributed by atoms with Gasteiger partial charge in [-0.3, -0.25) is 24.5 Å². The van der Waals surface area contributed by atoms with E-state index in [4.69, 9.17) is 21.4 Å². The molecule has 0 unspecified atom stereocenters. The van der Waals surface area contributed by atoms with Gasteiger partial charge in [-0.25, -0.2) is 0 Å². The molecular weight excluding hydrogens is 516 g/mol. The lowest BCUT2D eigenvalue weighted by Crippen LogP contribution is -2.21. The van der Waals surface area contributed by atoms with Gasteiger partial charge < -0.3 is 15.2 Å². The molecule has 0 aliphatic carbocycles. The van der Waals surface area contributed by atoms with Crippen molar-refractivity contribution in [2.45, 2.75) is 13.5 Å². The third kappa shape index (κ3) is 6.31. The van der Waals surface area contributed by atoms with Gasteiger partial charge in [0.1, 0.15) is 11.4 Å². The van der Waals surface area contributed by atoms with Crippen LogP contribution in [0.4, 0.5) is 5.69 Å². The molecule has 8 nitrogen and oxygen atoms in total. The van der Waals surface area contributed by atoms with Crippen LogP contribution in [0, 0.1) is 6.92 Å². The van der Waals surface area contributed by atoms with Crippen LogP contribution in [0.2, 0.25) is 5.02 Å². The largest absolute Gasteiger partial charge is 0.496 e. The molecule has 4 rings (SSSR count). The number of rotatable bonds is 10. The number of hydrogen-bond acceptors (Lipinski definition) is 7.